The highest BCUT2D eigenvalue weighted by Gasteiger charge is 2.40. The molecule has 2 N–H and O–H groups in total. The van der Waals surface area contributed by atoms with Gasteiger partial charge in [-0.1, -0.05) is 12.1 Å². The van der Waals surface area contributed by atoms with Gasteiger partial charge in [-0.25, -0.2) is 4.79 Å². The number of hydrogen-bond acceptors (Lipinski definition) is 4. The van der Waals surface area contributed by atoms with Crippen LogP contribution in [0.3, 0.4) is 0 Å². The molecule has 0 radical (unpaired) electrons. The molecular formula is C19H25N3O4. The van der Waals surface area contributed by atoms with Crippen molar-refractivity contribution in [2.45, 2.75) is 32.4 Å². The molecule has 1 atom stereocenters. The zero-order chi connectivity index (χ0) is 18.7. The molecule has 0 saturated carbocycles. The minimum atomic E-state index is -0.450. The van der Waals surface area contributed by atoms with Crippen molar-refractivity contribution in [3.63, 3.8) is 0 Å². The van der Waals surface area contributed by atoms with Crippen LogP contribution in [0.25, 0.3) is 0 Å². The van der Waals surface area contributed by atoms with Gasteiger partial charge in [-0.05, 0) is 38.0 Å². The third kappa shape index (κ3) is 3.83. The fourth-order valence-electron chi connectivity index (χ4n) is 3.23. The monoisotopic (exact) mass is 359 g/mol. The molecule has 7 heteroatoms. The van der Waals surface area contributed by atoms with E-state index in [0.717, 1.165) is 17.7 Å². The number of carbonyl (C=O) groups excluding carboxylic acids is 2. The van der Waals surface area contributed by atoms with Gasteiger partial charge in [0.15, 0.2) is 0 Å². The summed E-state index contributed by atoms with van der Waals surface area (Å²) in [4.78, 5) is 26.7. The third-order valence-corrected chi connectivity index (χ3v) is 4.49. The second-order valence-corrected chi connectivity index (χ2v) is 6.70. The maximum Gasteiger partial charge on any atom is 0.319 e. The zero-order valence-electron chi connectivity index (χ0n) is 15.4. The summed E-state index contributed by atoms with van der Waals surface area (Å²) in [6, 6.07) is 6.64. The number of nitrogens with one attached hydrogen (secondary N) is 2. The maximum atomic E-state index is 12.9. The molecule has 2 aliphatic heterocycles. The average Bonchev–Trinajstić information content (AvgIpc) is 2.93. The molecule has 7 nitrogen and oxygen atoms in total. The van der Waals surface area contributed by atoms with Crippen molar-refractivity contribution in [2.24, 2.45) is 0 Å². The summed E-state index contributed by atoms with van der Waals surface area (Å²) >= 11 is 0. The van der Waals surface area contributed by atoms with Gasteiger partial charge in [0, 0.05) is 13.2 Å². The van der Waals surface area contributed by atoms with Crippen LogP contribution in [0.4, 0.5) is 4.79 Å². The molecule has 0 aliphatic carbocycles. The van der Waals surface area contributed by atoms with E-state index in [-0.39, 0.29) is 18.0 Å². The van der Waals surface area contributed by atoms with E-state index in [2.05, 4.69) is 10.6 Å². The van der Waals surface area contributed by atoms with Crippen LogP contribution in [0.2, 0.25) is 0 Å². The molecule has 2 heterocycles. The van der Waals surface area contributed by atoms with E-state index in [1.165, 1.54) is 0 Å². The van der Waals surface area contributed by atoms with Gasteiger partial charge in [0.05, 0.1) is 37.1 Å². The lowest BCUT2D eigenvalue weighted by Crippen LogP contribution is -2.44. The molecule has 26 heavy (non-hydrogen) atoms. The van der Waals surface area contributed by atoms with E-state index in [4.69, 9.17) is 9.47 Å². The van der Waals surface area contributed by atoms with Crippen molar-refractivity contribution in [1.82, 2.24) is 15.5 Å². The van der Waals surface area contributed by atoms with Crippen molar-refractivity contribution in [3.05, 3.63) is 41.1 Å². The van der Waals surface area contributed by atoms with Crippen LogP contribution in [-0.2, 0) is 9.53 Å². The Kier molecular flexibility index (Phi) is 5.46. The number of hydrogen-bond donors (Lipinski definition) is 2. The van der Waals surface area contributed by atoms with E-state index in [1.807, 2.05) is 38.1 Å². The molecule has 0 saturated heterocycles. The van der Waals surface area contributed by atoms with Gasteiger partial charge < -0.3 is 25.0 Å². The molecule has 1 unspecified atom stereocenters. The number of ether oxygens (including phenoxy) is 2. The summed E-state index contributed by atoms with van der Waals surface area (Å²) < 4.78 is 10.7. The first-order valence-electron chi connectivity index (χ1n) is 8.85. The quantitative estimate of drug-likeness (QED) is 0.730. The number of nitrogens with zero attached hydrogens (tertiary/aromatic N) is 1. The van der Waals surface area contributed by atoms with Gasteiger partial charge in [0.1, 0.15) is 5.75 Å². The largest absolute Gasteiger partial charge is 0.497 e. The lowest BCUT2D eigenvalue weighted by Gasteiger charge is -2.25. The Balaban J connectivity index is 1.73. The average molecular weight is 359 g/mol. The van der Waals surface area contributed by atoms with Gasteiger partial charge in [-0.2, -0.15) is 0 Å². The van der Waals surface area contributed by atoms with Gasteiger partial charge >= 0.3 is 6.03 Å². The molecule has 0 aromatic heterocycles. The summed E-state index contributed by atoms with van der Waals surface area (Å²) in [7, 11) is 1.60. The van der Waals surface area contributed by atoms with Crippen molar-refractivity contribution in [3.8, 4) is 5.75 Å². The highest BCUT2D eigenvalue weighted by molar-refractivity contribution is 6.01. The van der Waals surface area contributed by atoms with Gasteiger partial charge in [0.2, 0.25) is 0 Å². The first-order valence-corrected chi connectivity index (χ1v) is 8.85. The van der Waals surface area contributed by atoms with Gasteiger partial charge in [-0.15, -0.1) is 0 Å². The van der Waals surface area contributed by atoms with Crippen LogP contribution in [0.1, 0.15) is 31.9 Å². The third-order valence-electron chi connectivity index (χ3n) is 4.49. The molecule has 0 spiro atoms. The second-order valence-electron chi connectivity index (χ2n) is 6.70. The fraction of sp³-hybridized carbons (Fsp3) is 0.474. The van der Waals surface area contributed by atoms with Crippen LogP contribution >= 0.6 is 0 Å². The van der Waals surface area contributed by atoms with Crippen molar-refractivity contribution < 1.29 is 19.1 Å². The summed E-state index contributed by atoms with van der Waals surface area (Å²) in [5, 5.41) is 5.63. The Morgan fingerprint density at radius 1 is 1.23 bits per heavy atom. The predicted octanol–water partition coefficient (Wildman–Crippen LogP) is 1.96. The molecule has 140 valence electrons. The Bertz CT molecular complexity index is 712. The Labute approximate surface area is 153 Å². The SMILES string of the molecule is COc1ccc(C2NC(=O)NC3=C2C(=O)N(CCCOC(C)C)C3)cc1. The molecule has 3 amide bonds. The first kappa shape index (κ1) is 18.3. The van der Waals surface area contributed by atoms with Gasteiger partial charge in [0.25, 0.3) is 5.91 Å². The number of benzene rings is 1. The molecule has 2 aliphatic rings. The lowest BCUT2D eigenvalue weighted by molar-refractivity contribution is -0.126. The maximum absolute atomic E-state index is 12.9. The van der Waals surface area contributed by atoms with Crippen LogP contribution in [0.15, 0.2) is 35.5 Å². The highest BCUT2D eigenvalue weighted by atomic mass is 16.5. The molecular weight excluding hydrogens is 334 g/mol. The standard InChI is InChI=1S/C19H25N3O4/c1-12(2)26-10-4-9-22-11-15-16(18(22)23)17(21-19(24)20-15)13-5-7-14(25-3)8-6-13/h5-8,12,17H,4,9-11H2,1-3H3,(H2,20,21,24). The summed E-state index contributed by atoms with van der Waals surface area (Å²) in [6.07, 6.45) is 0.942. The molecule has 0 bridgehead atoms. The van der Waals surface area contributed by atoms with E-state index >= 15 is 0 Å². The van der Waals surface area contributed by atoms with Crippen LogP contribution in [-0.4, -0.2) is 49.7 Å². The van der Waals surface area contributed by atoms with E-state index in [0.29, 0.717) is 31.0 Å². The fourth-order valence-corrected chi connectivity index (χ4v) is 3.23. The second kappa shape index (κ2) is 7.78. The van der Waals surface area contributed by atoms with Gasteiger partial charge in [-0.3, -0.25) is 4.79 Å². The Morgan fingerprint density at radius 2 is 1.96 bits per heavy atom. The van der Waals surface area contributed by atoms with E-state index < -0.39 is 6.04 Å². The number of carbonyl (C=O) groups is 2. The molecule has 1 aromatic carbocycles. The normalized spacial score (nSPS) is 19.5. The molecule has 0 fully saturated rings. The number of urea groups is 1. The lowest BCUT2D eigenvalue weighted by atomic mass is 9.96. The number of rotatable bonds is 7. The number of methoxy groups -OCH3 is 1. The highest BCUT2D eigenvalue weighted by Crippen LogP contribution is 2.33. The van der Waals surface area contributed by atoms with Crippen LogP contribution in [0, 0.1) is 0 Å². The summed E-state index contributed by atoms with van der Waals surface area (Å²) in [5.41, 5.74) is 2.15. The summed E-state index contributed by atoms with van der Waals surface area (Å²) in [5.74, 6) is 0.686. The smallest absolute Gasteiger partial charge is 0.319 e. The minimum absolute atomic E-state index is 0.0436. The van der Waals surface area contributed by atoms with Crippen LogP contribution < -0.4 is 15.4 Å². The summed E-state index contributed by atoms with van der Waals surface area (Å²) in [6.45, 7) is 5.61. The minimum Gasteiger partial charge on any atom is -0.497 e. The Morgan fingerprint density at radius 3 is 2.62 bits per heavy atom. The van der Waals surface area contributed by atoms with Crippen molar-refractivity contribution >= 4 is 11.9 Å². The van der Waals surface area contributed by atoms with E-state index in [9.17, 15) is 9.59 Å². The van der Waals surface area contributed by atoms with Crippen LogP contribution in [0.5, 0.6) is 5.75 Å². The van der Waals surface area contributed by atoms with Crippen molar-refractivity contribution in [1.29, 1.82) is 0 Å². The molecule has 3 rings (SSSR count). The van der Waals surface area contributed by atoms with Crippen molar-refractivity contribution in [2.75, 3.05) is 26.8 Å². The Hall–Kier alpha value is -2.54. The predicted molar refractivity (Wildman–Crippen MR) is 96.7 cm³/mol. The number of amides is 3. The first-order chi connectivity index (χ1) is 12.5. The topological polar surface area (TPSA) is 79.9 Å². The van der Waals surface area contributed by atoms with E-state index in [1.54, 1.807) is 12.0 Å². The molecule has 1 aromatic rings. The zero-order valence-corrected chi connectivity index (χ0v) is 15.4.